The van der Waals surface area contributed by atoms with E-state index in [1.807, 2.05) is 0 Å². The fourth-order valence-corrected chi connectivity index (χ4v) is 9.24. The molecule has 1 saturated carbocycles. The van der Waals surface area contributed by atoms with Gasteiger partial charge in [0.1, 0.15) is 30.2 Å². The van der Waals surface area contributed by atoms with Gasteiger partial charge in [-0.3, -0.25) is 28.0 Å². The number of imidazole rings is 2. The molecule has 7 heterocycles. The van der Waals surface area contributed by atoms with Crippen LogP contribution in [0.2, 0.25) is 0 Å². The van der Waals surface area contributed by atoms with Crippen molar-refractivity contribution in [3.8, 4) is 0 Å². The maximum Gasteiger partial charge on any atom is 0.325 e. The van der Waals surface area contributed by atoms with E-state index in [-0.39, 0.29) is 34.1 Å². The highest BCUT2D eigenvalue weighted by Crippen LogP contribution is 2.73. The minimum absolute atomic E-state index is 0.00163. The molecule has 1 aliphatic carbocycles. The van der Waals surface area contributed by atoms with Gasteiger partial charge in [0.2, 0.25) is 5.95 Å². The molecule has 258 valence electrons. The van der Waals surface area contributed by atoms with Crippen LogP contribution in [0.4, 0.5) is 24.9 Å². The Hall–Kier alpha value is -2.73. The van der Waals surface area contributed by atoms with Gasteiger partial charge in [-0.05, 0) is 23.6 Å². The summed E-state index contributed by atoms with van der Waals surface area (Å²) in [4.78, 5) is 57.0. The van der Waals surface area contributed by atoms with Crippen LogP contribution >= 0.6 is 13.4 Å². The highest BCUT2D eigenvalue weighted by molar-refractivity contribution is 8.07. The molecular formula is C22H23F3N10O9P2S2. The third-order valence-electron chi connectivity index (χ3n) is 8.66. The van der Waals surface area contributed by atoms with E-state index in [2.05, 4.69) is 29.9 Å². The topological polar surface area (TPSA) is 255 Å². The lowest BCUT2D eigenvalue weighted by atomic mass is 9.94. The molecule has 19 nitrogen and oxygen atoms in total. The van der Waals surface area contributed by atoms with Crippen molar-refractivity contribution in [1.82, 2.24) is 39.0 Å². The number of H-pyrrole nitrogens is 1. The molecule has 2 bridgehead atoms. The molecule has 10 atom stereocenters. The predicted molar refractivity (Wildman–Crippen MR) is 162 cm³/mol. The molecule has 2 unspecified atom stereocenters. The molecule has 3 saturated heterocycles. The maximum atomic E-state index is 16.2. The molecule has 48 heavy (non-hydrogen) atoms. The van der Waals surface area contributed by atoms with Gasteiger partial charge in [0.25, 0.3) is 11.5 Å². The standard InChI is InChI=1S/C22H23F3N10O9P2S2/c23-9-12-7(41-18(9)35-6-31-11-16(35)32-20(27)33-17(11)36)1-39-46(38,48)44-13-19(34-5-30-10-14(26)28-4-29-15(10)34)42-8(2-40-45(37,47)43-12)21(13)3-22(21,24)25/h4-9,12-13,18-19H,1-3H2,(H,37,47)(H,38,48)(H2,26,28,29)(H3,27,32,33,36)/t7-,8-,9-,12-,13+,18-,19-,21+,45?,46?/m1/s1. The van der Waals surface area contributed by atoms with Crippen LogP contribution in [-0.4, -0.2) is 98.5 Å². The number of anilines is 2. The van der Waals surface area contributed by atoms with E-state index in [1.165, 1.54) is 10.9 Å². The van der Waals surface area contributed by atoms with Gasteiger partial charge in [0, 0.05) is 6.42 Å². The van der Waals surface area contributed by atoms with Gasteiger partial charge in [0.05, 0.1) is 37.4 Å². The van der Waals surface area contributed by atoms with Crippen molar-refractivity contribution in [3.05, 3.63) is 29.3 Å². The lowest BCUT2D eigenvalue weighted by Gasteiger charge is -2.29. The maximum absolute atomic E-state index is 16.2. The van der Waals surface area contributed by atoms with Gasteiger partial charge in [-0.1, -0.05) is 0 Å². The van der Waals surface area contributed by atoms with Crippen LogP contribution < -0.4 is 17.0 Å². The molecule has 0 amide bonds. The summed E-state index contributed by atoms with van der Waals surface area (Å²) in [6.07, 6.45) is -8.98. The van der Waals surface area contributed by atoms with Crippen LogP contribution in [0.3, 0.4) is 0 Å². The highest BCUT2D eigenvalue weighted by atomic mass is 32.5. The molecule has 8 rings (SSSR count). The number of rotatable bonds is 2. The average Bonchev–Trinajstić information content (AvgIpc) is 3.49. The van der Waals surface area contributed by atoms with E-state index < -0.39 is 93.0 Å². The zero-order valence-corrected chi connectivity index (χ0v) is 27.2. The lowest BCUT2D eigenvalue weighted by Crippen LogP contribution is -2.37. The van der Waals surface area contributed by atoms with Crippen LogP contribution in [0.1, 0.15) is 18.9 Å². The number of alkyl halides is 3. The Morgan fingerprint density at radius 3 is 2.35 bits per heavy atom. The van der Waals surface area contributed by atoms with Crippen molar-refractivity contribution in [2.75, 3.05) is 24.7 Å². The zero-order chi connectivity index (χ0) is 34.0. The zero-order valence-electron chi connectivity index (χ0n) is 23.8. The van der Waals surface area contributed by atoms with Crippen molar-refractivity contribution >= 4 is 71.1 Å². The third kappa shape index (κ3) is 5.01. The summed E-state index contributed by atoms with van der Waals surface area (Å²) in [6.45, 7) is -10.4. The van der Waals surface area contributed by atoms with Crippen LogP contribution in [0.5, 0.6) is 0 Å². The smallest absolute Gasteiger partial charge is 0.325 e. The van der Waals surface area contributed by atoms with E-state index in [9.17, 15) is 14.6 Å². The molecular weight excluding hydrogens is 731 g/mol. The van der Waals surface area contributed by atoms with Crippen molar-refractivity contribution in [1.29, 1.82) is 0 Å². The number of nitrogen functional groups attached to an aromatic ring is 2. The largest absolute Gasteiger partial charge is 0.382 e. The molecule has 1 spiro atoms. The quantitative estimate of drug-likeness (QED) is 0.175. The predicted octanol–water partition coefficient (Wildman–Crippen LogP) is 0.533. The third-order valence-corrected chi connectivity index (χ3v) is 11.8. The normalized spacial score (nSPS) is 39.6. The van der Waals surface area contributed by atoms with Gasteiger partial charge < -0.3 is 39.8 Å². The number of nitrogens with two attached hydrogens (primary N) is 2. The SMILES string of the molecule is Nc1nc2c(ncn2[C@@H]2O[C@@H]3COP(O)(=S)O[C@H]4[C@H](n5cnc6c(N)ncnc65)O[C@H](COP(O)(=S)O[C@H]3[C@H]2F)[C@@]42CC2(F)F)c(=O)[nH]1. The van der Waals surface area contributed by atoms with Gasteiger partial charge in [-0.15, -0.1) is 0 Å². The van der Waals surface area contributed by atoms with Crippen molar-refractivity contribution < 1.29 is 50.5 Å². The number of halogens is 3. The summed E-state index contributed by atoms with van der Waals surface area (Å²) in [6, 6.07) is 0. The number of aromatic nitrogens is 8. The Balaban J connectivity index is 1.15. The van der Waals surface area contributed by atoms with Crippen LogP contribution in [0.25, 0.3) is 22.3 Å². The number of aromatic amines is 1. The van der Waals surface area contributed by atoms with Crippen molar-refractivity contribution in [2.24, 2.45) is 5.41 Å². The molecule has 0 aromatic carbocycles. The number of hydrogen-bond donors (Lipinski definition) is 5. The first-order chi connectivity index (χ1) is 22.6. The highest BCUT2D eigenvalue weighted by Gasteiger charge is 2.83. The van der Waals surface area contributed by atoms with Gasteiger partial charge >= 0.3 is 13.4 Å². The van der Waals surface area contributed by atoms with Crippen LogP contribution in [0, 0.1) is 5.41 Å². The molecule has 7 N–H and O–H groups in total. The summed E-state index contributed by atoms with van der Waals surface area (Å²) in [7, 11) is 0. The number of nitrogens with one attached hydrogen (secondary N) is 1. The Bertz CT molecular complexity index is 2130. The van der Waals surface area contributed by atoms with Crippen molar-refractivity contribution in [3.63, 3.8) is 0 Å². The van der Waals surface area contributed by atoms with Gasteiger partial charge in [-0.25, -0.2) is 33.1 Å². The number of ether oxygens (including phenoxy) is 2. The van der Waals surface area contributed by atoms with Crippen LogP contribution in [-0.2, 0) is 51.2 Å². The summed E-state index contributed by atoms with van der Waals surface area (Å²) < 4.78 is 83.5. The first-order valence-electron chi connectivity index (χ1n) is 13.9. The minimum atomic E-state index is -4.48. The molecule has 4 aromatic rings. The van der Waals surface area contributed by atoms with Gasteiger partial charge in [-0.2, -0.15) is 4.98 Å². The first-order valence-corrected chi connectivity index (χ1v) is 19.1. The van der Waals surface area contributed by atoms with E-state index in [4.69, 9.17) is 62.6 Å². The summed E-state index contributed by atoms with van der Waals surface area (Å²) in [5.41, 5.74) is 8.64. The second-order valence-electron chi connectivity index (χ2n) is 11.4. The molecule has 4 aromatic heterocycles. The Morgan fingerprint density at radius 2 is 1.62 bits per heavy atom. The van der Waals surface area contributed by atoms with E-state index in [1.54, 1.807) is 0 Å². The molecule has 4 aliphatic rings. The Labute approximate surface area is 275 Å². The van der Waals surface area contributed by atoms with E-state index in [0.29, 0.717) is 0 Å². The second kappa shape index (κ2) is 10.9. The molecule has 3 aliphatic heterocycles. The number of nitrogens with zero attached hydrogens (tertiary/aromatic N) is 7. The summed E-state index contributed by atoms with van der Waals surface area (Å²) in [5.74, 6) is -3.71. The van der Waals surface area contributed by atoms with Gasteiger partial charge in [0.15, 0.2) is 41.3 Å². The van der Waals surface area contributed by atoms with Crippen LogP contribution in [0.15, 0.2) is 23.8 Å². The van der Waals surface area contributed by atoms with E-state index in [0.717, 1.165) is 17.2 Å². The Morgan fingerprint density at radius 1 is 0.958 bits per heavy atom. The molecule has 26 heteroatoms. The average molecular weight is 755 g/mol. The molecule has 0 radical (unpaired) electrons. The second-order valence-corrected chi connectivity index (χ2v) is 17.0. The Kier molecular flexibility index (Phi) is 7.36. The fraction of sp³-hybridized carbons (Fsp3) is 0.545. The summed E-state index contributed by atoms with van der Waals surface area (Å²) >= 11 is 10.4. The molecule has 4 fully saturated rings. The number of fused-ring (bicyclic) bond motifs is 3. The lowest BCUT2D eigenvalue weighted by molar-refractivity contribution is -0.0605. The fourth-order valence-electron chi connectivity index (χ4n) is 6.38. The number of hydrogen-bond acceptors (Lipinski definition) is 16. The minimum Gasteiger partial charge on any atom is -0.382 e. The summed E-state index contributed by atoms with van der Waals surface area (Å²) in [5, 5.41) is 0. The van der Waals surface area contributed by atoms with E-state index >= 15 is 13.2 Å². The van der Waals surface area contributed by atoms with Crippen molar-refractivity contribution in [2.45, 2.75) is 55.4 Å². The first kappa shape index (κ1) is 32.5. The monoisotopic (exact) mass is 754 g/mol.